The molecule has 0 aliphatic carbocycles. The highest BCUT2D eigenvalue weighted by Crippen LogP contribution is 2.27. The van der Waals surface area contributed by atoms with Crippen LogP contribution in [0.5, 0.6) is 0 Å². The molecule has 1 amide bonds. The maximum atomic E-state index is 13.6. The minimum absolute atomic E-state index is 0.147. The van der Waals surface area contributed by atoms with Crippen molar-refractivity contribution in [3.63, 3.8) is 0 Å². The van der Waals surface area contributed by atoms with Gasteiger partial charge in [0.25, 0.3) is 11.8 Å². The first-order chi connectivity index (χ1) is 12.4. The number of hydrogen-bond donors (Lipinski definition) is 0. The molecule has 1 fully saturated rings. The molecule has 3 rings (SSSR count). The molecule has 1 aliphatic rings. The molecule has 4 nitrogen and oxygen atoms in total. The molecule has 6 heteroatoms. The van der Waals surface area contributed by atoms with Crippen molar-refractivity contribution in [3.05, 3.63) is 69.3 Å². The van der Waals surface area contributed by atoms with Crippen LogP contribution in [0, 0.1) is 6.92 Å². The van der Waals surface area contributed by atoms with Crippen molar-refractivity contribution in [2.75, 3.05) is 13.1 Å². The SMILES string of the molecule is Cc1cc(CCc2ccccc2)oc(=O)c1C(=O)N1CCCC(F)(F)C1. The number of hydrogen-bond acceptors (Lipinski definition) is 3. The molecule has 2 heterocycles. The fraction of sp³-hybridized carbons (Fsp3) is 0.400. The number of aryl methyl sites for hydroxylation is 3. The van der Waals surface area contributed by atoms with Gasteiger partial charge in [-0.3, -0.25) is 4.79 Å². The second-order valence-electron chi connectivity index (χ2n) is 6.73. The van der Waals surface area contributed by atoms with E-state index in [1.54, 1.807) is 13.0 Å². The third-order valence-corrected chi connectivity index (χ3v) is 4.60. The summed E-state index contributed by atoms with van der Waals surface area (Å²) in [6.07, 6.45) is 1.21. The van der Waals surface area contributed by atoms with Crippen molar-refractivity contribution in [2.45, 2.75) is 38.5 Å². The van der Waals surface area contributed by atoms with Crippen LogP contribution < -0.4 is 5.63 Å². The summed E-state index contributed by atoms with van der Waals surface area (Å²) >= 11 is 0. The van der Waals surface area contributed by atoms with Gasteiger partial charge in [-0.25, -0.2) is 13.6 Å². The highest BCUT2D eigenvalue weighted by atomic mass is 19.3. The molecular weight excluding hydrogens is 340 g/mol. The molecule has 26 heavy (non-hydrogen) atoms. The predicted octanol–water partition coefficient (Wildman–Crippen LogP) is 3.60. The number of carbonyl (C=O) groups is 1. The summed E-state index contributed by atoms with van der Waals surface area (Å²) in [6, 6.07) is 11.4. The van der Waals surface area contributed by atoms with E-state index in [9.17, 15) is 18.4 Å². The highest BCUT2D eigenvalue weighted by Gasteiger charge is 2.38. The lowest BCUT2D eigenvalue weighted by Crippen LogP contribution is -2.47. The van der Waals surface area contributed by atoms with Crippen LogP contribution in [0.2, 0.25) is 0 Å². The van der Waals surface area contributed by atoms with Gasteiger partial charge >= 0.3 is 5.63 Å². The molecule has 0 N–H and O–H groups in total. The largest absolute Gasteiger partial charge is 0.427 e. The van der Waals surface area contributed by atoms with E-state index in [1.807, 2.05) is 30.3 Å². The first-order valence-corrected chi connectivity index (χ1v) is 8.70. The minimum Gasteiger partial charge on any atom is -0.427 e. The van der Waals surface area contributed by atoms with Gasteiger partial charge in [0, 0.05) is 19.4 Å². The second-order valence-corrected chi connectivity index (χ2v) is 6.73. The molecule has 138 valence electrons. The lowest BCUT2D eigenvalue weighted by Gasteiger charge is -2.32. The molecule has 0 spiro atoms. The normalized spacial score (nSPS) is 16.5. The molecule has 1 saturated heterocycles. The fourth-order valence-corrected chi connectivity index (χ4v) is 3.26. The first-order valence-electron chi connectivity index (χ1n) is 8.70. The van der Waals surface area contributed by atoms with E-state index < -0.39 is 24.0 Å². The van der Waals surface area contributed by atoms with Crippen LogP contribution in [-0.2, 0) is 12.8 Å². The molecule has 1 aromatic heterocycles. The summed E-state index contributed by atoms with van der Waals surface area (Å²) in [5.74, 6) is -3.10. The van der Waals surface area contributed by atoms with Crippen LogP contribution >= 0.6 is 0 Å². The number of amides is 1. The van der Waals surface area contributed by atoms with Crippen LogP contribution in [-0.4, -0.2) is 29.8 Å². The summed E-state index contributed by atoms with van der Waals surface area (Å²) in [5.41, 5.74) is 0.671. The van der Waals surface area contributed by atoms with E-state index in [0.29, 0.717) is 24.2 Å². The molecule has 0 radical (unpaired) electrons. The predicted molar refractivity (Wildman–Crippen MR) is 93.6 cm³/mol. The summed E-state index contributed by atoms with van der Waals surface area (Å²) < 4.78 is 32.4. The van der Waals surface area contributed by atoms with E-state index >= 15 is 0 Å². The van der Waals surface area contributed by atoms with Crippen LogP contribution in [0.15, 0.2) is 45.6 Å². The lowest BCUT2D eigenvalue weighted by atomic mass is 10.0. The van der Waals surface area contributed by atoms with E-state index in [-0.39, 0.29) is 24.9 Å². The summed E-state index contributed by atoms with van der Waals surface area (Å²) in [5, 5.41) is 0. The lowest BCUT2D eigenvalue weighted by molar-refractivity contribution is -0.0561. The molecule has 0 saturated carbocycles. The topological polar surface area (TPSA) is 50.5 Å². The Morgan fingerprint density at radius 1 is 1.23 bits per heavy atom. The van der Waals surface area contributed by atoms with Crippen molar-refractivity contribution in [2.24, 2.45) is 0 Å². The summed E-state index contributed by atoms with van der Waals surface area (Å²) in [7, 11) is 0. The third kappa shape index (κ3) is 4.18. The van der Waals surface area contributed by atoms with Gasteiger partial charge in [-0.05, 0) is 37.0 Å². The number of piperidine rings is 1. The molecule has 0 atom stereocenters. The van der Waals surface area contributed by atoms with Crippen molar-refractivity contribution in [3.8, 4) is 0 Å². The Morgan fingerprint density at radius 3 is 2.62 bits per heavy atom. The van der Waals surface area contributed by atoms with Crippen molar-refractivity contribution in [1.29, 1.82) is 0 Å². The van der Waals surface area contributed by atoms with Gasteiger partial charge < -0.3 is 9.32 Å². The average Bonchev–Trinajstić information content (AvgIpc) is 2.59. The van der Waals surface area contributed by atoms with Crippen LogP contribution in [0.1, 0.15) is 40.1 Å². The van der Waals surface area contributed by atoms with Gasteiger partial charge in [-0.1, -0.05) is 30.3 Å². The zero-order chi connectivity index (χ0) is 18.7. The minimum atomic E-state index is -2.91. The number of rotatable bonds is 4. The number of benzene rings is 1. The summed E-state index contributed by atoms with van der Waals surface area (Å²) in [4.78, 5) is 25.9. The van der Waals surface area contributed by atoms with Crippen LogP contribution in [0.3, 0.4) is 0 Å². The Kier molecular flexibility index (Phi) is 5.20. The summed E-state index contributed by atoms with van der Waals surface area (Å²) in [6.45, 7) is 1.21. The fourth-order valence-electron chi connectivity index (χ4n) is 3.26. The Bertz CT molecular complexity index is 846. The van der Waals surface area contributed by atoms with E-state index in [4.69, 9.17) is 4.42 Å². The van der Waals surface area contributed by atoms with Crippen molar-refractivity contribution in [1.82, 2.24) is 4.90 Å². The van der Waals surface area contributed by atoms with Crippen molar-refractivity contribution < 1.29 is 18.0 Å². The standard InChI is InChI=1S/C20H21F2NO3/c1-14-12-16(9-8-15-6-3-2-4-7-15)26-19(25)17(14)18(24)23-11-5-10-20(21,22)13-23/h2-4,6-7,12H,5,8-11,13H2,1H3. The smallest absolute Gasteiger partial charge is 0.349 e. The number of halogens is 2. The number of nitrogens with zero attached hydrogens (tertiary/aromatic N) is 1. The Morgan fingerprint density at radius 2 is 1.96 bits per heavy atom. The maximum absolute atomic E-state index is 13.6. The van der Waals surface area contributed by atoms with Crippen molar-refractivity contribution >= 4 is 5.91 Å². The number of likely N-dealkylation sites (tertiary alicyclic amines) is 1. The van der Waals surface area contributed by atoms with Gasteiger partial charge in [-0.15, -0.1) is 0 Å². The first kappa shape index (κ1) is 18.3. The molecule has 0 unspecified atom stereocenters. The third-order valence-electron chi connectivity index (χ3n) is 4.60. The molecule has 1 aliphatic heterocycles. The Hall–Kier alpha value is -2.50. The van der Waals surface area contributed by atoms with E-state index in [1.165, 1.54) is 0 Å². The monoisotopic (exact) mass is 361 g/mol. The zero-order valence-corrected chi connectivity index (χ0v) is 14.6. The van der Waals surface area contributed by atoms with Gasteiger partial charge in [0.15, 0.2) is 0 Å². The highest BCUT2D eigenvalue weighted by molar-refractivity contribution is 5.95. The quantitative estimate of drug-likeness (QED) is 0.836. The molecule has 0 bridgehead atoms. The van der Waals surface area contributed by atoms with Gasteiger partial charge in [0.1, 0.15) is 11.3 Å². The Balaban J connectivity index is 1.77. The van der Waals surface area contributed by atoms with Crippen LogP contribution in [0.4, 0.5) is 8.78 Å². The second kappa shape index (κ2) is 7.40. The number of carbonyl (C=O) groups excluding carboxylic acids is 1. The van der Waals surface area contributed by atoms with E-state index in [0.717, 1.165) is 10.5 Å². The average molecular weight is 361 g/mol. The molecule has 2 aromatic rings. The van der Waals surface area contributed by atoms with Crippen LogP contribution in [0.25, 0.3) is 0 Å². The molecular formula is C20H21F2NO3. The van der Waals surface area contributed by atoms with Gasteiger partial charge in [-0.2, -0.15) is 0 Å². The van der Waals surface area contributed by atoms with Gasteiger partial charge in [0.2, 0.25) is 0 Å². The maximum Gasteiger partial charge on any atom is 0.349 e. The molecule has 1 aromatic carbocycles. The number of alkyl halides is 2. The Labute approximate surface area is 150 Å². The van der Waals surface area contributed by atoms with E-state index in [2.05, 4.69) is 0 Å². The zero-order valence-electron chi connectivity index (χ0n) is 14.6. The van der Waals surface area contributed by atoms with Gasteiger partial charge in [0.05, 0.1) is 6.54 Å².